The highest BCUT2D eigenvalue weighted by Gasteiger charge is 2.34. The average molecular weight is 241 g/mol. The zero-order valence-electron chi connectivity index (χ0n) is 11.5. The van der Waals surface area contributed by atoms with Crippen LogP contribution in [0.4, 0.5) is 0 Å². The van der Waals surface area contributed by atoms with E-state index in [2.05, 4.69) is 24.3 Å². The third kappa shape index (κ3) is 3.68. The molecule has 1 fully saturated rings. The lowest BCUT2D eigenvalue weighted by Crippen LogP contribution is -2.54. The van der Waals surface area contributed by atoms with Crippen LogP contribution in [0, 0.1) is 5.92 Å². The quantitative estimate of drug-likeness (QED) is 0.754. The minimum absolute atomic E-state index is 0.0827. The SMILES string of the molecule is CC(CN)C(=O)NCC1(N(C)C)CCCCC1. The van der Waals surface area contributed by atoms with Crippen LogP contribution in [0.15, 0.2) is 0 Å². The van der Waals surface area contributed by atoms with Crippen molar-refractivity contribution in [3.8, 4) is 0 Å². The maximum absolute atomic E-state index is 11.8. The fourth-order valence-corrected chi connectivity index (χ4v) is 2.52. The summed E-state index contributed by atoms with van der Waals surface area (Å²) in [4.78, 5) is 14.0. The number of rotatable bonds is 5. The van der Waals surface area contributed by atoms with Gasteiger partial charge in [0.05, 0.1) is 0 Å². The number of nitrogens with two attached hydrogens (primary N) is 1. The first kappa shape index (κ1) is 14.5. The van der Waals surface area contributed by atoms with Gasteiger partial charge in [-0.05, 0) is 26.9 Å². The molecular weight excluding hydrogens is 214 g/mol. The van der Waals surface area contributed by atoms with Crippen LogP contribution < -0.4 is 11.1 Å². The molecule has 0 saturated heterocycles. The van der Waals surface area contributed by atoms with Crippen molar-refractivity contribution < 1.29 is 4.79 Å². The Kier molecular flexibility index (Phi) is 5.40. The second-order valence-electron chi connectivity index (χ2n) is 5.53. The first-order valence-corrected chi connectivity index (χ1v) is 6.67. The molecule has 1 atom stereocenters. The second kappa shape index (κ2) is 6.36. The molecule has 1 rings (SSSR count). The van der Waals surface area contributed by atoms with Crippen molar-refractivity contribution in [3.05, 3.63) is 0 Å². The number of hydrogen-bond acceptors (Lipinski definition) is 3. The fourth-order valence-electron chi connectivity index (χ4n) is 2.52. The van der Waals surface area contributed by atoms with E-state index in [-0.39, 0.29) is 17.4 Å². The van der Waals surface area contributed by atoms with E-state index in [0.29, 0.717) is 6.54 Å². The Morgan fingerprint density at radius 2 is 1.94 bits per heavy atom. The molecule has 0 aromatic heterocycles. The molecule has 0 spiro atoms. The molecule has 3 N–H and O–H groups in total. The van der Waals surface area contributed by atoms with E-state index in [1.165, 1.54) is 32.1 Å². The molecule has 1 unspecified atom stereocenters. The molecule has 0 heterocycles. The van der Waals surface area contributed by atoms with Gasteiger partial charge in [0.15, 0.2) is 0 Å². The fraction of sp³-hybridized carbons (Fsp3) is 0.923. The predicted molar refractivity (Wildman–Crippen MR) is 70.7 cm³/mol. The Morgan fingerprint density at radius 1 is 1.35 bits per heavy atom. The summed E-state index contributed by atoms with van der Waals surface area (Å²) in [6, 6.07) is 0. The molecule has 1 aliphatic carbocycles. The van der Waals surface area contributed by atoms with Crippen molar-refractivity contribution in [3.63, 3.8) is 0 Å². The van der Waals surface area contributed by atoms with Crippen molar-refractivity contribution >= 4 is 5.91 Å². The lowest BCUT2D eigenvalue weighted by atomic mass is 9.80. The molecule has 100 valence electrons. The average Bonchev–Trinajstić information content (AvgIpc) is 2.35. The number of amides is 1. The van der Waals surface area contributed by atoms with Gasteiger partial charge in [0.1, 0.15) is 0 Å². The Hall–Kier alpha value is -0.610. The molecular formula is C13H27N3O. The summed E-state index contributed by atoms with van der Waals surface area (Å²) in [7, 11) is 4.23. The van der Waals surface area contributed by atoms with E-state index in [9.17, 15) is 4.79 Å². The number of nitrogens with zero attached hydrogens (tertiary/aromatic N) is 1. The zero-order valence-corrected chi connectivity index (χ0v) is 11.5. The second-order valence-corrected chi connectivity index (χ2v) is 5.53. The predicted octanol–water partition coefficient (Wildman–Crippen LogP) is 0.962. The van der Waals surface area contributed by atoms with E-state index in [1.807, 2.05) is 6.92 Å². The van der Waals surface area contributed by atoms with Gasteiger partial charge in [0.25, 0.3) is 0 Å². The summed E-state index contributed by atoms with van der Waals surface area (Å²) < 4.78 is 0. The van der Waals surface area contributed by atoms with Gasteiger partial charge in [-0.3, -0.25) is 4.79 Å². The third-order valence-corrected chi connectivity index (χ3v) is 4.13. The van der Waals surface area contributed by atoms with Gasteiger partial charge in [-0.2, -0.15) is 0 Å². The van der Waals surface area contributed by atoms with Crippen LogP contribution in [0.25, 0.3) is 0 Å². The van der Waals surface area contributed by atoms with Gasteiger partial charge < -0.3 is 16.0 Å². The topological polar surface area (TPSA) is 58.4 Å². The standard InChI is InChI=1S/C13H27N3O/c1-11(9-14)12(17)15-10-13(16(2)3)7-5-4-6-8-13/h11H,4-10,14H2,1-3H3,(H,15,17). The van der Waals surface area contributed by atoms with Crippen LogP contribution >= 0.6 is 0 Å². The molecule has 0 aromatic rings. The molecule has 0 aliphatic heterocycles. The van der Waals surface area contributed by atoms with E-state index >= 15 is 0 Å². The molecule has 0 aromatic carbocycles. The number of nitrogens with one attached hydrogen (secondary N) is 1. The van der Waals surface area contributed by atoms with Crippen LogP contribution in [0.3, 0.4) is 0 Å². The summed E-state index contributed by atoms with van der Waals surface area (Å²) in [5.74, 6) is -0.00268. The lowest BCUT2D eigenvalue weighted by molar-refractivity contribution is -0.124. The summed E-state index contributed by atoms with van der Waals surface area (Å²) >= 11 is 0. The largest absolute Gasteiger partial charge is 0.354 e. The molecule has 4 nitrogen and oxygen atoms in total. The van der Waals surface area contributed by atoms with E-state index in [1.54, 1.807) is 0 Å². The lowest BCUT2D eigenvalue weighted by Gasteiger charge is -2.43. The Balaban J connectivity index is 2.53. The Morgan fingerprint density at radius 3 is 2.41 bits per heavy atom. The smallest absolute Gasteiger partial charge is 0.224 e. The monoisotopic (exact) mass is 241 g/mol. The van der Waals surface area contributed by atoms with E-state index in [0.717, 1.165) is 6.54 Å². The minimum Gasteiger partial charge on any atom is -0.354 e. The van der Waals surface area contributed by atoms with Crippen LogP contribution in [0.5, 0.6) is 0 Å². The Bertz CT molecular complexity index is 247. The number of likely N-dealkylation sites (N-methyl/N-ethyl adjacent to an activating group) is 1. The van der Waals surface area contributed by atoms with E-state index < -0.39 is 0 Å². The summed E-state index contributed by atoms with van der Waals surface area (Å²) in [5.41, 5.74) is 5.66. The Labute approximate surface area is 105 Å². The molecule has 1 amide bonds. The van der Waals surface area contributed by atoms with Crippen LogP contribution in [-0.4, -0.2) is 43.5 Å². The maximum Gasteiger partial charge on any atom is 0.224 e. The van der Waals surface area contributed by atoms with Crippen molar-refractivity contribution in [2.75, 3.05) is 27.2 Å². The van der Waals surface area contributed by atoms with Crippen molar-refractivity contribution in [2.45, 2.75) is 44.6 Å². The summed E-state index contributed by atoms with van der Waals surface area (Å²) in [6.07, 6.45) is 6.21. The van der Waals surface area contributed by atoms with Crippen molar-refractivity contribution in [1.29, 1.82) is 0 Å². The minimum atomic E-state index is -0.0854. The molecule has 1 aliphatic rings. The molecule has 0 bridgehead atoms. The van der Waals surface area contributed by atoms with Gasteiger partial charge in [0, 0.05) is 24.5 Å². The van der Waals surface area contributed by atoms with Gasteiger partial charge in [-0.1, -0.05) is 26.2 Å². The maximum atomic E-state index is 11.8. The van der Waals surface area contributed by atoms with Gasteiger partial charge in [-0.25, -0.2) is 0 Å². The van der Waals surface area contributed by atoms with Crippen LogP contribution in [-0.2, 0) is 4.79 Å². The molecule has 1 saturated carbocycles. The highest BCUT2D eigenvalue weighted by molar-refractivity contribution is 5.78. The van der Waals surface area contributed by atoms with Crippen molar-refractivity contribution in [2.24, 2.45) is 11.7 Å². The van der Waals surface area contributed by atoms with Gasteiger partial charge in [0.2, 0.25) is 5.91 Å². The third-order valence-electron chi connectivity index (χ3n) is 4.13. The van der Waals surface area contributed by atoms with E-state index in [4.69, 9.17) is 5.73 Å². The van der Waals surface area contributed by atoms with Crippen LogP contribution in [0.2, 0.25) is 0 Å². The summed E-state index contributed by atoms with van der Waals surface area (Å²) in [5, 5.41) is 3.06. The first-order valence-electron chi connectivity index (χ1n) is 6.67. The molecule has 4 heteroatoms. The number of carbonyl (C=O) groups is 1. The van der Waals surface area contributed by atoms with Crippen LogP contribution in [0.1, 0.15) is 39.0 Å². The summed E-state index contributed by atoms with van der Waals surface area (Å²) in [6.45, 7) is 3.04. The highest BCUT2D eigenvalue weighted by atomic mass is 16.1. The van der Waals surface area contributed by atoms with Gasteiger partial charge >= 0.3 is 0 Å². The zero-order chi connectivity index (χ0) is 12.9. The molecule has 17 heavy (non-hydrogen) atoms. The normalized spacial score (nSPS) is 21.2. The van der Waals surface area contributed by atoms with Gasteiger partial charge in [-0.15, -0.1) is 0 Å². The van der Waals surface area contributed by atoms with Crippen molar-refractivity contribution in [1.82, 2.24) is 10.2 Å². The molecule has 0 radical (unpaired) electrons. The number of carbonyl (C=O) groups excluding carboxylic acids is 1. The number of hydrogen-bond donors (Lipinski definition) is 2. The first-order chi connectivity index (χ1) is 8.02. The highest BCUT2D eigenvalue weighted by Crippen LogP contribution is 2.31.